The molecule has 1 N–H and O–H groups in total. The summed E-state index contributed by atoms with van der Waals surface area (Å²) >= 11 is 0. The van der Waals surface area contributed by atoms with Crippen molar-refractivity contribution < 1.29 is 14.3 Å². The largest absolute Gasteiger partial charge is 0.497 e. The molecule has 0 bridgehead atoms. The van der Waals surface area contributed by atoms with Crippen LogP contribution in [-0.2, 0) is 9.59 Å². The molecular formula is C26H34N4O3. The van der Waals surface area contributed by atoms with Crippen molar-refractivity contribution in [1.82, 2.24) is 14.7 Å². The number of hydrogen-bond acceptors (Lipinski definition) is 5. The first-order valence-electron chi connectivity index (χ1n) is 11.9. The van der Waals surface area contributed by atoms with Crippen molar-refractivity contribution in [3.63, 3.8) is 0 Å². The van der Waals surface area contributed by atoms with Crippen molar-refractivity contribution in [2.75, 3.05) is 58.2 Å². The van der Waals surface area contributed by atoms with Crippen LogP contribution in [0.1, 0.15) is 30.9 Å². The van der Waals surface area contributed by atoms with E-state index in [4.69, 9.17) is 4.74 Å². The molecule has 2 aromatic rings. The third kappa shape index (κ3) is 6.12. The maximum Gasteiger partial charge on any atom is 0.246 e. The second kappa shape index (κ2) is 11.3. The first-order chi connectivity index (χ1) is 16.1. The molecule has 0 radical (unpaired) electrons. The maximum atomic E-state index is 13.4. The molecule has 1 atom stereocenters. The summed E-state index contributed by atoms with van der Waals surface area (Å²) in [6.07, 6.45) is 3.45. The summed E-state index contributed by atoms with van der Waals surface area (Å²) in [7, 11) is 1.61. The SMILES string of the molecule is COc1cccc(NC(=O)C(c2ccccc2)N2CCN(CC(=O)N3CCCCC3)CC2)c1. The van der Waals surface area contributed by atoms with Crippen LogP contribution in [-0.4, -0.2) is 79.4 Å². The van der Waals surface area contributed by atoms with E-state index in [1.807, 2.05) is 59.5 Å². The van der Waals surface area contributed by atoms with Crippen LogP contribution < -0.4 is 10.1 Å². The first-order valence-corrected chi connectivity index (χ1v) is 11.9. The summed E-state index contributed by atoms with van der Waals surface area (Å²) in [5.74, 6) is 0.877. The monoisotopic (exact) mass is 450 g/mol. The minimum atomic E-state index is -0.391. The summed E-state index contributed by atoms with van der Waals surface area (Å²) in [5, 5.41) is 3.06. The number of carbonyl (C=O) groups excluding carboxylic acids is 2. The highest BCUT2D eigenvalue weighted by atomic mass is 16.5. The van der Waals surface area contributed by atoms with Crippen molar-refractivity contribution >= 4 is 17.5 Å². The molecule has 33 heavy (non-hydrogen) atoms. The fraction of sp³-hybridized carbons (Fsp3) is 0.462. The molecule has 2 amide bonds. The second-order valence-electron chi connectivity index (χ2n) is 8.79. The van der Waals surface area contributed by atoms with Gasteiger partial charge in [0.25, 0.3) is 0 Å². The molecule has 0 aromatic heterocycles. The summed E-state index contributed by atoms with van der Waals surface area (Å²) in [5.41, 5.74) is 1.68. The van der Waals surface area contributed by atoms with Gasteiger partial charge < -0.3 is 15.0 Å². The van der Waals surface area contributed by atoms with Gasteiger partial charge in [-0.1, -0.05) is 36.4 Å². The minimum absolute atomic E-state index is 0.0627. The fourth-order valence-electron chi connectivity index (χ4n) is 4.69. The van der Waals surface area contributed by atoms with Gasteiger partial charge in [0.1, 0.15) is 11.8 Å². The number of carbonyl (C=O) groups is 2. The molecule has 7 nitrogen and oxygen atoms in total. The summed E-state index contributed by atoms with van der Waals surface area (Å²) in [4.78, 5) is 32.5. The summed E-state index contributed by atoms with van der Waals surface area (Å²) in [6, 6.07) is 16.9. The number of piperazine rings is 1. The Balaban J connectivity index is 1.40. The predicted octanol–water partition coefficient (Wildman–Crippen LogP) is 3.01. The highest BCUT2D eigenvalue weighted by Crippen LogP contribution is 2.25. The lowest BCUT2D eigenvalue weighted by Gasteiger charge is -2.39. The van der Waals surface area contributed by atoms with Crippen molar-refractivity contribution in [1.29, 1.82) is 0 Å². The Bertz CT molecular complexity index is 922. The lowest BCUT2D eigenvalue weighted by atomic mass is 10.0. The number of ether oxygens (including phenoxy) is 1. The summed E-state index contributed by atoms with van der Waals surface area (Å²) < 4.78 is 5.29. The molecule has 7 heteroatoms. The van der Waals surface area contributed by atoms with Gasteiger partial charge in [0.15, 0.2) is 0 Å². The number of nitrogens with zero attached hydrogens (tertiary/aromatic N) is 3. The number of amides is 2. The van der Waals surface area contributed by atoms with Crippen LogP contribution in [0.15, 0.2) is 54.6 Å². The number of methoxy groups -OCH3 is 1. The molecular weight excluding hydrogens is 416 g/mol. The lowest BCUT2D eigenvalue weighted by Crippen LogP contribution is -2.52. The van der Waals surface area contributed by atoms with Gasteiger partial charge >= 0.3 is 0 Å². The van der Waals surface area contributed by atoms with Crippen LogP contribution in [0.3, 0.4) is 0 Å². The van der Waals surface area contributed by atoms with Gasteiger partial charge in [0.2, 0.25) is 11.8 Å². The van der Waals surface area contributed by atoms with E-state index in [2.05, 4.69) is 15.1 Å². The first kappa shape index (κ1) is 23.3. The Morgan fingerprint density at radius 2 is 1.64 bits per heavy atom. The number of rotatable bonds is 7. The van der Waals surface area contributed by atoms with E-state index in [9.17, 15) is 9.59 Å². The van der Waals surface area contributed by atoms with Crippen molar-refractivity contribution in [3.8, 4) is 5.75 Å². The number of benzene rings is 2. The quantitative estimate of drug-likeness (QED) is 0.703. The second-order valence-corrected chi connectivity index (χ2v) is 8.79. The van der Waals surface area contributed by atoms with E-state index in [-0.39, 0.29) is 11.8 Å². The molecule has 2 fully saturated rings. The van der Waals surface area contributed by atoms with E-state index in [0.29, 0.717) is 18.0 Å². The van der Waals surface area contributed by atoms with Crippen LogP contribution in [0, 0.1) is 0 Å². The minimum Gasteiger partial charge on any atom is -0.497 e. The van der Waals surface area contributed by atoms with Crippen LogP contribution in [0.4, 0.5) is 5.69 Å². The average molecular weight is 451 g/mol. The van der Waals surface area contributed by atoms with E-state index in [1.165, 1.54) is 6.42 Å². The molecule has 2 aliphatic heterocycles. The number of anilines is 1. The van der Waals surface area contributed by atoms with Crippen LogP contribution >= 0.6 is 0 Å². The topological polar surface area (TPSA) is 65.1 Å². The van der Waals surface area contributed by atoms with Crippen molar-refractivity contribution in [3.05, 3.63) is 60.2 Å². The predicted molar refractivity (Wildman–Crippen MR) is 129 cm³/mol. The zero-order chi connectivity index (χ0) is 23.0. The zero-order valence-electron chi connectivity index (χ0n) is 19.4. The Hall–Kier alpha value is -2.90. The molecule has 2 aromatic carbocycles. The average Bonchev–Trinajstić information content (AvgIpc) is 2.86. The van der Waals surface area contributed by atoms with Crippen LogP contribution in [0.2, 0.25) is 0 Å². The normalized spacial score (nSPS) is 18.5. The smallest absolute Gasteiger partial charge is 0.246 e. The zero-order valence-corrected chi connectivity index (χ0v) is 19.4. The Morgan fingerprint density at radius 3 is 2.33 bits per heavy atom. The number of piperidine rings is 1. The Labute approximate surface area is 196 Å². The highest BCUT2D eigenvalue weighted by molar-refractivity contribution is 5.95. The molecule has 4 rings (SSSR count). The lowest BCUT2D eigenvalue weighted by molar-refractivity contribution is -0.134. The van der Waals surface area contributed by atoms with Gasteiger partial charge in [0.05, 0.1) is 13.7 Å². The summed E-state index contributed by atoms with van der Waals surface area (Å²) in [6.45, 7) is 5.26. The van der Waals surface area contributed by atoms with Gasteiger partial charge in [-0.3, -0.25) is 19.4 Å². The molecule has 2 aliphatic rings. The van der Waals surface area contributed by atoms with E-state index >= 15 is 0 Å². The van der Waals surface area contributed by atoms with Crippen LogP contribution in [0.5, 0.6) is 5.75 Å². The van der Waals surface area contributed by atoms with Gasteiger partial charge in [-0.05, 0) is 37.0 Å². The Kier molecular flexibility index (Phi) is 7.96. The maximum absolute atomic E-state index is 13.4. The van der Waals surface area contributed by atoms with Crippen LogP contribution in [0.25, 0.3) is 0 Å². The van der Waals surface area contributed by atoms with E-state index in [0.717, 1.165) is 57.7 Å². The molecule has 176 valence electrons. The molecule has 2 heterocycles. The number of likely N-dealkylation sites (tertiary alicyclic amines) is 1. The molecule has 2 saturated heterocycles. The highest BCUT2D eigenvalue weighted by Gasteiger charge is 2.31. The third-order valence-electron chi connectivity index (χ3n) is 6.54. The number of nitrogens with one attached hydrogen (secondary N) is 1. The number of hydrogen-bond donors (Lipinski definition) is 1. The standard InChI is InChI=1S/C26H34N4O3/c1-33-23-12-8-11-22(19-23)27-26(32)25(21-9-4-2-5-10-21)30-17-15-28(16-18-30)20-24(31)29-13-6-3-7-14-29/h2,4-5,8-12,19,25H,3,6-7,13-18,20H2,1H3,(H,27,32). The van der Waals surface area contributed by atoms with E-state index in [1.54, 1.807) is 7.11 Å². The molecule has 0 saturated carbocycles. The van der Waals surface area contributed by atoms with E-state index < -0.39 is 6.04 Å². The van der Waals surface area contributed by atoms with Gasteiger partial charge in [-0.15, -0.1) is 0 Å². The molecule has 1 unspecified atom stereocenters. The van der Waals surface area contributed by atoms with Gasteiger partial charge in [-0.25, -0.2) is 0 Å². The molecule has 0 spiro atoms. The Morgan fingerprint density at radius 1 is 0.909 bits per heavy atom. The third-order valence-corrected chi connectivity index (χ3v) is 6.54. The van der Waals surface area contributed by atoms with Gasteiger partial charge in [0, 0.05) is 51.0 Å². The molecule has 0 aliphatic carbocycles. The van der Waals surface area contributed by atoms with Crippen molar-refractivity contribution in [2.45, 2.75) is 25.3 Å². The fourth-order valence-corrected chi connectivity index (χ4v) is 4.69. The van der Waals surface area contributed by atoms with Gasteiger partial charge in [-0.2, -0.15) is 0 Å². The van der Waals surface area contributed by atoms with Crippen molar-refractivity contribution in [2.24, 2.45) is 0 Å².